The minimum absolute atomic E-state index is 0.658. The number of hydrogen-bond donors (Lipinski definition) is 2. The molecule has 2 heteroatoms. The van der Waals surface area contributed by atoms with Crippen LogP contribution < -0.4 is 10.6 Å². The lowest BCUT2D eigenvalue weighted by Crippen LogP contribution is -2.44. The van der Waals surface area contributed by atoms with E-state index in [0.717, 1.165) is 12.0 Å². The Morgan fingerprint density at radius 3 is 2.75 bits per heavy atom. The molecule has 1 aromatic rings. The maximum atomic E-state index is 3.86. The van der Waals surface area contributed by atoms with Gasteiger partial charge in [0.25, 0.3) is 0 Å². The minimum Gasteiger partial charge on any atom is -0.382 e. The summed E-state index contributed by atoms with van der Waals surface area (Å²) in [5.74, 6) is 0.815. The zero-order chi connectivity index (χ0) is 13.9. The minimum atomic E-state index is 0.658. The van der Waals surface area contributed by atoms with E-state index < -0.39 is 0 Å². The van der Waals surface area contributed by atoms with Crippen molar-refractivity contribution in [2.75, 3.05) is 11.9 Å². The summed E-state index contributed by atoms with van der Waals surface area (Å²) in [4.78, 5) is 0. The molecule has 0 aromatic heterocycles. The van der Waals surface area contributed by atoms with Crippen LogP contribution in [0.25, 0.3) is 0 Å². The lowest BCUT2D eigenvalue weighted by atomic mass is 9.88. The van der Waals surface area contributed by atoms with Gasteiger partial charge in [0.1, 0.15) is 0 Å². The standard InChI is InChI=1S/C18H28N2/c1-13-7-5-10-16(14(13)2)20-18-11-6-8-15(18)17-9-3-4-12-19-17/h5,7,10,15,17-20H,3-4,6,8-9,11-12H2,1-2H3. The van der Waals surface area contributed by atoms with Gasteiger partial charge in [-0.1, -0.05) is 25.0 Å². The highest BCUT2D eigenvalue weighted by atomic mass is 15.0. The second kappa shape index (κ2) is 6.17. The number of anilines is 1. The van der Waals surface area contributed by atoms with Crippen LogP contribution in [-0.2, 0) is 0 Å². The van der Waals surface area contributed by atoms with Crippen LogP contribution in [0.3, 0.4) is 0 Å². The van der Waals surface area contributed by atoms with Crippen LogP contribution in [0, 0.1) is 19.8 Å². The van der Waals surface area contributed by atoms with Gasteiger partial charge >= 0.3 is 0 Å². The Hall–Kier alpha value is -1.02. The van der Waals surface area contributed by atoms with Gasteiger partial charge in [-0.05, 0) is 69.2 Å². The Morgan fingerprint density at radius 1 is 1.05 bits per heavy atom. The number of aryl methyl sites for hydroxylation is 1. The summed E-state index contributed by atoms with van der Waals surface area (Å²) >= 11 is 0. The maximum absolute atomic E-state index is 3.86. The van der Waals surface area contributed by atoms with E-state index in [9.17, 15) is 0 Å². The molecule has 1 saturated carbocycles. The molecule has 2 nitrogen and oxygen atoms in total. The summed E-state index contributed by atoms with van der Waals surface area (Å²) in [6, 6.07) is 8.02. The van der Waals surface area contributed by atoms with Gasteiger partial charge in [0.15, 0.2) is 0 Å². The fraction of sp³-hybridized carbons (Fsp3) is 0.667. The molecule has 1 aliphatic carbocycles. The van der Waals surface area contributed by atoms with Crippen LogP contribution in [0.15, 0.2) is 18.2 Å². The molecule has 2 N–H and O–H groups in total. The van der Waals surface area contributed by atoms with E-state index in [0.29, 0.717) is 6.04 Å². The largest absolute Gasteiger partial charge is 0.382 e. The Labute approximate surface area is 123 Å². The highest BCUT2D eigenvalue weighted by molar-refractivity contribution is 5.54. The molecule has 1 saturated heterocycles. The third-order valence-electron chi connectivity index (χ3n) is 5.38. The third-order valence-corrected chi connectivity index (χ3v) is 5.38. The molecule has 0 spiro atoms. The van der Waals surface area contributed by atoms with Crippen LogP contribution in [0.4, 0.5) is 5.69 Å². The smallest absolute Gasteiger partial charge is 0.0374 e. The summed E-state index contributed by atoms with van der Waals surface area (Å²) in [6.07, 6.45) is 8.24. The fourth-order valence-corrected chi connectivity index (χ4v) is 4.00. The van der Waals surface area contributed by atoms with Gasteiger partial charge < -0.3 is 10.6 Å². The summed E-state index contributed by atoms with van der Waals surface area (Å²) in [5, 5.41) is 7.62. The first-order valence-electron chi connectivity index (χ1n) is 8.32. The van der Waals surface area contributed by atoms with Crippen molar-refractivity contribution in [1.29, 1.82) is 0 Å². The summed E-state index contributed by atoms with van der Waals surface area (Å²) < 4.78 is 0. The van der Waals surface area contributed by atoms with E-state index in [1.807, 2.05) is 0 Å². The van der Waals surface area contributed by atoms with Crippen molar-refractivity contribution in [1.82, 2.24) is 5.32 Å². The summed E-state index contributed by atoms with van der Waals surface area (Å²) in [6.45, 7) is 5.66. The van der Waals surface area contributed by atoms with Crippen molar-refractivity contribution in [3.05, 3.63) is 29.3 Å². The molecule has 1 aromatic carbocycles. The molecule has 1 aliphatic heterocycles. The zero-order valence-corrected chi connectivity index (χ0v) is 12.9. The van der Waals surface area contributed by atoms with Crippen molar-refractivity contribution in [2.24, 2.45) is 5.92 Å². The molecule has 110 valence electrons. The molecular weight excluding hydrogens is 244 g/mol. The maximum Gasteiger partial charge on any atom is 0.0374 e. The summed E-state index contributed by atoms with van der Waals surface area (Å²) in [5.41, 5.74) is 4.15. The van der Waals surface area contributed by atoms with E-state index in [1.54, 1.807) is 0 Å². The van der Waals surface area contributed by atoms with E-state index >= 15 is 0 Å². The van der Waals surface area contributed by atoms with Gasteiger partial charge in [-0.2, -0.15) is 0 Å². The highest BCUT2D eigenvalue weighted by Gasteiger charge is 2.34. The molecule has 2 fully saturated rings. The van der Waals surface area contributed by atoms with Crippen molar-refractivity contribution in [3.63, 3.8) is 0 Å². The summed E-state index contributed by atoms with van der Waals surface area (Å²) in [7, 11) is 0. The monoisotopic (exact) mass is 272 g/mol. The number of piperidine rings is 1. The molecule has 3 rings (SSSR count). The lowest BCUT2D eigenvalue weighted by molar-refractivity contribution is 0.286. The van der Waals surface area contributed by atoms with Crippen molar-refractivity contribution >= 4 is 5.69 Å². The molecule has 0 amide bonds. The van der Waals surface area contributed by atoms with E-state index in [1.165, 1.54) is 61.9 Å². The Kier molecular flexibility index (Phi) is 4.30. The Bertz CT molecular complexity index is 449. The average Bonchev–Trinajstić information content (AvgIpc) is 2.93. The van der Waals surface area contributed by atoms with Gasteiger partial charge in [0.2, 0.25) is 0 Å². The van der Waals surface area contributed by atoms with Gasteiger partial charge in [-0.15, -0.1) is 0 Å². The van der Waals surface area contributed by atoms with Crippen molar-refractivity contribution in [2.45, 2.75) is 64.5 Å². The number of nitrogens with one attached hydrogen (secondary N) is 2. The second-order valence-corrected chi connectivity index (χ2v) is 6.65. The Morgan fingerprint density at radius 2 is 1.95 bits per heavy atom. The van der Waals surface area contributed by atoms with Crippen LogP contribution in [0.1, 0.15) is 49.7 Å². The van der Waals surface area contributed by atoms with E-state index in [4.69, 9.17) is 0 Å². The first-order valence-corrected chi connectivity index (χ1v) is 8.32. The SMILES string of the molecule is Cc1cccc(NC2CCCC2C2CCCCN2)c1C. The molecule has 3 atom stereocenters. The molecule has 0 bridgehead atoms. The van der Waals surface area contributed by atoms with Gasteiger partial charge in [-0.3, -0.25) is 0 Å². The first-order chi connectivity index (χ1) is 9.75. The molecule has 20 heavy (non-hydrogen) atoms. The zero-order valence-electron chi connectivity index (χ0n) is 12.9. The molecule has 0 radical (unpaired) electrons. The van der Waals surface area contributed by atoms with Gasteiger partial charge in [0.05, 0.1) is 0 Å². The van der Waals surface area contributed by atoms with E-state index in [2.05, 4.69) is 42.7 Å². The van der Waals surface area contributed by atoms with Crippen LogP contribution in [-0.4, -0.2) is 18.6 Å². The second-order valence-electron chi connectivity index (χ2n) is 6.65. The van der Waals surface area contributed by atoms with Crippen molar-refractivity contribution < 1.29 is 0 Å². The molecule has 2 aliphatic rings. The van der Waals surface area contributed by atoms with Crippen LogP contribution in [0.5, 0.6) is 0 Å². The van der Waals surface area contributed by atoms with Gasteiger partial charge in [0, 0.05) is 17.8 Å². The predicted molar refractivity (Wildman–Crippen MR) is 86.3 cm³/mol. The molecular formula is C18H28N2. The highest BCUT2D eigenvalue weighted by Crippen LogP contribution is 2.34. The fourth-order valence-electron chi connectivity index (χ4n) is 4.00. The topological polar surface area (TPSA) is 24.1 Å². The van der Waals surface area contributed by atoms with Gasteiger partial charge in [-0.25, -0.2) is 0 Å². The quantitative estimate of drug-likeness (QED) is 0.868. The number of benzene rings is 1. The van der Waals surface area contributed by atoms with Crippen LogP contribution in [0.2, 0.25) is 0 Å². The average molecular weight is 272 g/mol. The molecule has 1 heterocycles. The van der Waals surface area contributed by atoms with Crippen LogP contribution >= 0.6 is 0 Å². The predicted octanol–water partition coefficient (Wildman–Crippen LogP) is 4.03. The first kappa shape index (κ1) is 13.9. The number of rotatable bonds is 3. The lowest BCUT2D eigenvalue weighted by Gasteiger charge is -2.33. The van der Waals surface area contributed by atoms with Crippen molar-refractivity contribution in [3.8, 4) is 0 Å². The third kappa shape index (κ3) is 2.85. The number of hydrogen-bond acceptors (Lipinski definition) is 2. The van der Waals surface area contributed by atoms with E-state index in [-0.39, 0.29) is 0 Å². The normalized spacial score (nSPS) is 30.4. The molecule has 3 unspecified atom stereocenters. The Balaban J connectivity index is 1.70.